The van der Waals surface area contributed by atoms with Crippen molar-refractivity contribution in [3.8, 4) is 11.5 Å². The van der Waals surface area contributed by atoms with Crippen molar-refractivity contribution in [2.75, 3.05) is 19.6 Å². The van der Waals surface area contributed by atoms with Crippen molar-refractivity contribution in [3.05, 3.63) is 59.7 Å². The Balaban J connectivity index is 1.73. The van der Waals surface area contributed by atoms with Gasteiger partial charge in [-0.05, 0) is 99.7 Å². The van der Waals surface area contributed by atoms with Gasteiger partial charge in [-0.15, -0.1) is 0 Å². The molecule has 2 aromatic carbocycles. The van der Waals surface area contributed by atoms with Gasteiger partial charge in [0, 0.05) is 25.4 Å². The molecule has 3 rings (SSSR count). The summed E-state index contributed by atoms with van der Waals surface area (Å²) >= 11 is 0. The minimum atomic E-state index is -0.948. The summed E-state index contributed by atoms with van der Waals surface area (Å²) in [4.78, 5) is 59.1. The Labute approximate surface area is 282 Å². The molecule has 3 amide bonds. The van der Waals surface area contributed by atoms with E-state index in [0.29, 0.717) is 70.9 Å². The molecule has 1 fully saturated rings. The molecule has 1 aliphatic heterocycles. The van der Waals surface area contributed by atoms with Gasteiger partial charge in [-0.2, -0.15) is 0 Å². The first-order valence-electron chi connectivity index (χ1n) is 16.7. The van der Waals surface area contributed by atoms with Crippen LogP contribution in [0, 0.1) is 5.92 Å². The number of benzene rings is 2. The van der Waals surface area contributed by atoms with Crippen LogP contribution in [0.1, 0.15) is 81.3 Å². The Bertz CT molecular complexity index is 1380. The zero-order valence-corrected chi connectivity index (χ0v) is 27.6. The van der Waals surface area contributed by atoms with Crippen molar-refractivity contribution in [1.82, 2.24) is 10.2 Å². The van der Waals surface area contributed by atoms with Crippen molar-refractivity contribution in [2.45, 2.75) is 88.6 Å². The fourth-order valence-electron chi connectivity index (χ4n) is 6.20. The number of likely N-dealkylation sites (tertiary alicyclic amines) is 1. The smallest absolute Gasteiger partial charge is 0.240 e. The number of aromatic hydroxyl groups is 2. The van der Waals surface area contributed by atoms with Crippen LogP contribution < -0.4 is 28.3 Å². The molecule has 0 saturated carbocycles. The van der Waals surface area contributed by atoms with Gasteiger partial charge in [0.1, 0.15) is 17.5 Å². The quantitative estimate of drug-likeness (QED) is 0.0620. The van der Waals surface area contributed by atoms with E-state index in [2.05, 4.69) is 10.3 Å². The van der Waals surface area contributed by atoms with Crippen molar-refractivity contribution in [3.63, 3.8) is 0 Å². The molecular weight excluding hydrogens is 614 g/mol. The summed E-state index contributed by atoms with van der Waals surface area (Å²) in [5.41, 5.74) is 23.8. The van der Waals surface area contributed by atoms with Gasteiger partial charge in [0.2, 0.25) is 17.7 Å². The molecule has 0 bridgehead atoms. The third-order valence-corrected chi connectivity index (χ3v) is 8.83. The van der Waals surface area contributed by atoms with Crippen LogP contribution in [-0.2, 0) is 25.6 Å². The molecular formula is C35H51N7O6. The number of aryl methyl sites for hydroxylation is 1. The van der Waals surface area contributed by atoms with Crippen LogP contribution in [0.4, 0.5) is 0 Å². The van der Waals surface area contributed by atoms with Gasteiger partial charge in [-0.25, -0.2) is 0 Å². The normalized spacial score (nSPS) is 16.1. The number of guanidine groups is 1. The summed E-state index contributed by atoms with van der Waals surface area (Å²) in [6.07, 6.45) is 5.29. The second-order valence-corrected chi connectivity index (χ2v) is 12.5. The van der Waals surface area contributed by atoms with Crippen molar-refractivity contribution in [2.24, 2.45) is 33.8 Å². The molecule has 48 heavy (non-hydrogen) atoms. The molecule has 1 aliphatic rings. The molecule has 0 aromatic heterocycles. The number of unbranched alkanes of at least 4 members (excludes halogenated alkanes) is 1. The van der Waals surface area contributed by atoms with E-state index in [4.69, 9.17) is 22.9 Å². The van der Waals surface area contributed by atoms with E-state index < -0.39 is 35.7 Å². The molecule has 1 saturated heterocycles. The van der Waals surface area contributed by atoms with Gasteiger partial charge in [-0.3, -0.25) is 24.2 Å². The molecule has 1 heterocycles. The number of nitrogens with one attached hydrogen (secondary N) is 1. The highest BCUT2D eigenvalue weighted by Gasteiger charge is 2.39. The lowest BCUT2D eigenvalue weighted by Gasteiger charge is -2.29. The summed E-state index contributed by atoms with van der Waals surface area (Å²) in [6.45, 7) is 1.13. The SMILES string of the molecule is NCCCC[C@H](CC(=O)[C@@H]1CCCN1C(=O)[C@H](CCCc1ccc(O)cc1)c1ccc(O)cc1)C(=O)N[C@@H](CCCN=C(N)N)C(N)=O. The Hall–Kier alpha value is -4.65. The first-order valence-corrected chi connectivity index (χ1v) is 16.7. The maximum atomic E-state index is 14.2. The van der Waals surface area contributed by atoms with Gasteiger partial charge in [0.05, 0.1) is 12.0 Å². The average Bonchev–Trinajstić information content (AvgIpc) is 3.55. The average molecular weight is 666 g/mol. The van der Waals surface area contributed by atoms with E-state index in [1.54, 1.807) is 41.3 Å². The maximum absolute atomic E-state index is 14.2. The third-order valence-electron chi connectivity index (χ3n) is 8.83. The summed E-state index contributed by atoms with van der Waals surface area (Å²) in [5.74, 6) is -2.56. The molecule has 0 spiro atoms. The molecule has 0 unspecified atom stereocenters. The first kappa shape index (κ1) is 37.8. The predicted octanol–water partition coefficient (Wildman–Crippen LogP) is 1.92. The number of carbonyl (C=O) groups is 4. The first-order chi connectivity index (χ1) is 23.0. The Morgan fingerprint density at radius 1 is 0.875 bits per heavy atom. The Kier molecular flexibility index (Phi) is 15.2. The number of nitrogens with two attached hydrogens (primary N) is 4. The Morgan fingerprint density at radius 2 is 1.54 bits per heavy atom. The molecule has 13 heteroatoms. The summed E-state index contributed by atoms with van der Waals surface area (Å²) in [5, 5.41) is 22.2. The largest absolute Gasteiger partial charge is 0.508 e. The van der Waals surface area contributed by atoms with E-state index in [-0.39, 0.29) is 48.5 Å². The van der Waals surface area contributed by atoms with E-state index in [9.17, 15) is 29.4 Å². The lowest BCUT2D eigenvalue weighted by molar-refractivity contribution is -0.140. The number of rotatable bonds is 20. The second-order valence-electron chi connectivity index (χ2n) is 12.5. The summed E-state index contributed by atoms with van der Waals surface area (Å²) in [7, 11) is 0. The summed E-state index contributed by atoms with van der Waals surface area (Å²) < 4.78 is 0. The zero-order chi connectivity index (χ0) is 35.1. The van der Waals surface area contributed by atoms with Gasteiger partial charge in [0.25, 0.3) is 0 Å². The minimum absolute atomic E-state index is 0.0731. The number of hydrogen-bond donors (Lipinski definition) is 7. The van der Waals surface area contributed by atoms with Crippen LogP contribution in [-0.4, -0.2) is 76.3 Å². The number of amides is 3. The molecule has 4 atom stereocenters. The van der Waals surface area contributed by atoms with Crippen LogP contribution in [0.5, 0.6) is 11.5 Å². The zero-order valence-electron chi connectivity index (χ0n) is 27.6. The molecule has 262 valence electrons. The van der Waals surface area contributed by atoms with Crippen LogP contribution in [0.3, 0.4) is 0 Å². The highest BCUT2D eigenvalue weighted by atomic mass is 16.3. The standard InChI is InChI=1S/C35H51N7O6/c36-19-2-1-7-25(33(47)41-29(32(37)46)9-4-20-40-35(38)39)22-31(45)30-10-5-21-42(30)34(48)28(24-13-17-27(44)18-14-24)8-3-6-23-11-15-26(43)16-12-23/h11-18,25,28-30,43-44H,1-10,19-22,36H2,(H2,37,46)(H,41,47)(H4,38,39,40)/t25-,28-,29+,30+/m1/s1. The number of aliphatic imine (C=N–C) groups is 1. The summed E-state index contributed by atoms with van der Waals surface area (Å²) in [6, 6.07) is 11.9. The van der Waals surface area contributed by atoms with Crippen LogP contribution in [0.2, 0.25) is 0 Å². The predicted molar refractivity (Wildman–Crippen MR) is 184 cm³/mol. The monoisotopic (exact) mass is 665 g/mol. The van der Waals surface area contributed by atoms with Gasteiger partial charge in [0.15, 0.2) is 11.7 Å². The number of phenolic OH excluding ortho intramolecular Hbond substituents is 2. The molecule has 11 N–H and O–H groups in total. The van der Waals surface area contributed by atoms with Crippen LogP contribution in [0.15, 0.2) is 53.5 Å². The third kappa shape index (κ3) is 11.9. The number of carbonyl (C=O) groups excluding carboxylic acids is 4. The number of phenols is 2. The highest BCUT2D eigenvalue weighted by molar-refractivity contribution is 5.95. The van der Waals surface area contributed by atoms with E-state index in [1.165, 1.54) is 0 Å². The van der Waals surface area contributed by atoms with Crippen molar-refractivity contribution < 1.29 is 29.4 Å². The topological polar surface area (TPSA) is 240 Å². The fourth-order valence-corrected chi connectivity index (χ4v) is 6.20. The number of hydrogen-bond acceptors (Lipinski definition) is 8. The van der Waals surface area contributed by atoms with Crippen molar-refractivity contribution in [1.29, 1.82) is 0 Å². The van der Waals surface area contributed by atoms with E-state index in [1.807, 2.05) is 12.1 Å². The fraction of sp³-hybridized carbons (Fsp3) is 0.514. The van der Waals surface area contributed by atoms with Gasteiger partial charge >= 0.3 is 0 Å². The number of Topliss-reactive ketones (excluding diaryl/α,β-unsaturated/α-hetero) is 1. The Morgan fingerprint density at radius 3 is 2.17 bits per heavy atom. The van der Waals surface area contributed by atoms with Crippen LogP contribution in [0.25, 0.3) is 0 Å². The number of ketones is 1. The molecule has 0 radical (unpaired) electrons. The molecule has 13 nitrogen and oxygen atoms in total. The molecule has 0 aliphatic carbocycles. The molecule has 2 aromatic rings. The van der Waals surface area contributed by atoms with E-state index in [0.717, 1.165) is 11.1 Å². The number of primary amides is 1. The number of nitrogens with zero attached hydrogens (tertiary/aromatic N) is 2. The van der Waals surface area contributed by atoms with Gasteiger partial charge in [-0.1, -0.05) is 30.7 Å². The van der Waals surface area contributed by atoms with Crippen LogP contribution >= 0.6 is 0 Å². The van der Waals surface area contributed by atoms with Gasteiger partial charge < -0.3 is 43.4 Å². The lowest BCUT2D eigenvalue weighted by atomic mass is 9.89. The maximum Gasteiger partial charge on any atom is 0.240 e. The second kappa shape index (κ2) is 19.2. The minimum Gasteiger partial charge on any atom is -0.508 e. The highest BCUT2D eigenvalue weighted by Crippen LogP contribution is 2.31. The lowest BCUT2D eigenvalue weighted by Crippen LogP contribution is -2.48. The van der Waals surface area contributed by atoms with Crippen molar-refractivity contribution >= 4 is 29.5 Å². The van der Waals surface area contributed by atoms with E-state index >= 15 is 0 Å².